The molecule has 6 heteroatoms. The highest BCUT2D eigenvalue weighted by molar-refractivity contribution is 6.31. The van der Waals surface area contributed by atoms with E-state index >= 15 is 0 Å². The van der Waals surface area contributed by atoms with E-state index < -0.39 is 5.82 Å². The van der Waals surface area contributed by atoms with Gasteiger partial charge in [-0.15, -0.1) is 0 Å². The summed E-state index contributed by atoms with van der Waals surface area (Å²) in [7, 11) is 0. The average Bonchev–Trinajstić information content (AvgIpc) is 2.35. The Hall–Kier alpha value is -1.88. The van der Waals surface area contributed by atoms with Crippen molar-refractivity contribution in [2.45, 2.75) is 13.8 Å². The third kappa shape index (κ3) is 3.32. The Morgan fingerprint density at radius 1 is 1.26 bits per heavy atom. The lowest BCUT2D eigenvalue weighted by Crippen LogP contribution is -2.04. The summed E-state index contributed by atoms with van der Waals surface area (Å²) in [6, 6.07) is 6.49. The molecule has 0 unspecified atom stereocenters. The van der Waals surface area contributed by atoms with Crippen molar-refractivity contribution in [1.82, 2.24) is 9.97 Å². The first-order chi connectivity index (χ1) is 9.10. The van der Waals surface area contributed by atoms with Gasteiger partial charge in [-0.1, -0.05) is 17.7 Å². The number of anilines is 3. The van der Waals surface area contributed by atoms with Crippen LogP contribution in [0.4, 0.5) is 21.7 Å². The summed E-state index contributed by atoms with van der Waals surface area (Å²) in [4.78, 5) is 8.43. The van der Waals surface area contributed by atoms with Crippen molar-refractivity contribution in [2.75, 3.05) is 17.2 Å². The predicted octanol–water partition coefficient (Wildman–Crippen LogP) is 3.75. The van der Waals surface area contributed by atoms with Crippen LogP contribution in [0.2, 0.25) is 5.02 Å². The molecule has 100 valence electrons. The van der Waals surface area contributed by atoms with Gasteiger partial charge in [0.25, 0.3) is 0 Å². The molecule has 1 aromatic heterocycles. The fourth-order valence-corrected chi connectivity index (χ4v) is 1.82. The standard InChI is InChI=1S/C13H14ClFN4/c1-3-16-11-7-12(18-8(2)17-11)19-10-6-4-5-9(14)13(10)15/h4-7H,3H2,1-2H3,(H2,16,17,18,19). The molecule has 0 radical (unpaired) electrons. The number of hydrogen-bond donors (Lipinski definition) is 2. The van der Waals surface area contributed by atoms with Crippen molar-refractivity contribution in [1.29, 1.82) is 0 Å². The van der Waals surface area contributed by atoms with Gasteiger partial charge in [-0.05, 0) is 26.0 Å². The lowest BCUT2D eigenvalue weighted by molar-refractivity contribution is 0.632. The molecule has 4 nitrogen and oxygen atoms in total. The van der Waals surface area contributed by atoms with Crippen LogP contribution in [0, 0.1) is 12.7 Å². The molecule has 2 rings (SSSR count). The number of hydrogen-bond acceptors (Lipinski definition) is 4. The zero-order valence-electron chi connectivity index (χ0n) is 10.7. The predicted molar refractivity (Wildman–Crippen MR) is 75.6 cm³/mol. The molecule has 0 aliphatic carbocycles. The highest BCUT2D eigenvalue weighted by Gasteiger charge is 2.08. The van der Waals surface area contributed by atoms with Crippen LogP contribution >= 0.6 is 11.6 Å². The van der Waals surface area contributed by atoms with E-state index in [1.54, 1.807) is 25.1 Å². The maximum atomic E-state index is 13.8. The largest absolute Gasteiger partial charge is 0.370 e. The molecule has 0 atom stereocenters. The topological polar surface area (TPSA) is 49.8 Å². The maximum Gasteiger partial charge on any atom is 0.165 e. The van der Waals surface area contributed by atoms with Gasteiger partial charge in [-0.3, -0.25) is 0 Å². The minimum absolute atomic E-state index is 0.0719. The quantitative estimate of drug-likeness (QED) is 0.895. The zero-order chi connectivity index (χ0) is 13.8. The maximum absolute atomic E-state index is 13.8. The van der Waals surface area contributed by atoms with E-state index in [1.807, 2.05) is 6.92 Å². The second-order valence-electron chi connectivity index (χ2n) is 3.94. The molecule has 2 aromatic rings. The van der Waals surface area contributed by atoms with Crippen molar-refractivity contribution < 1.29 is 4.39 Å². The zero-order valence-corrected chi connectivity index (χ0v) is 11.4. The Balaban J connectivity index is 2.30. The number of nitrogens with zero attached hydrogens (tertiary/aromatic N) is 2. The first-order valence-corrected chi connectivity index (χ1v) is 6.28. The summed E-state index contributed by atoms with van der Waals surface area (Å²) in [6.45, 7) is 4.50. The van der Waals surface area contributed by atoms with Gasteiger partial charge in [0.1, 0.15) is 17.5 Å². The minimum Gasteiger partial charge on any atom is -0.370 e. The first kappa shape index (κ1) is 13.5. The average molecular weight is 281 g/mol. The van der Waals surface area contributed by atoms with E-state index in [2.05, 4.69) is 20.6 Å². The van der Waals surface area contributed by atoms with Crippen LogP contribution in [0.5, 0.6) is 0 Å². The number of aromatic nitrogens is 2. The summed E-state index contributed by atoms with van der Waals surface area (Å²) in [5, 5.41) is 6.06. The fraction of sp³-hybridized carbons (Fsp3) is 0.231. The summed E-state index contributed by atoms with van der Waals surface area (Å²) >= 11 is 5.73. The molecule has 0 spiro atoms. The highest BCUT2D eigenvalue weighted by atomic mass is 35.5. The van der Waals surface area contributed by atoms with Gasteiger partial charge in [0.2, 0.25) is 0 Å². The summed E-state index contributed by atoms with van der Waals surface area (Å²) in [5.41, 5.74) is 0.285. The van der Waals surface area contributed by atoms with Crippen molar-refractivity contribution in [2.24, 2.45) is 0 Å². The van der Waals surface area contributed by atoms with Gasteiger partial charge in [0.15, 0.2) is 5.82 Å². The number of benzene rings is 1. The molecule has 19 heavy (non-hydrogen) atoms. The van der Waals surface area contributed by atoms with Crippen LogP contribution in [0.25, 0.3) is 0 Å². The first-order valence-electron chi connectivity index (χ1n) is 5.90. The Bertz CT molecular complexity index is 589. The molecule has 0 amide bonds. The second kappa shape index (κ2) is 5.84. The van der Waals surface area contributed by atoms with Crippen molar-refractivity contribution in [3.63, 3.8) is 0 Å². The highest BCUT2D eigenvalue weighted by Crippen LogP contribution is 2.25. The van der Waals surface area contributed by atoms with E-state index in [-0.39, 0.29) is 10.7 Å². The molecule has 0 saturated carbocycles. The smallest absolute Gasteiger partial charge is 0.165 e. The molecule has 0 aliphatic rings. The Morgan fingerprint density at radius 2 is 2.00 bits per heavy atom. The van der Waals surface area contributed by atoms with Gasteiger partial charge in [-0.2, -0.15) is 0 Å². The number of halogens is 2. The van der Waals surface area contributed by atoms with Crippen LogP contribution in [0.3, 0.4) is 0 Å². The minimum atomic E-state index is -0.495. The van der Waals surface area contributed by atoms with E-state index in [1.165, 1.54) is 6.07 Å². The summed E-state index contributed by atoms with van der Waals surface area (Å²) in [6.07, 6.45) is 0. The Morgan fingerprint density at radius 3 is 2.74 bits per heavy atom. The number of nitrogens with one attached hydrogen (secondary N) is 2. The Labute approximate surface area is 116 Å². The van der Waals surface area contributed by atoms with E-state index in [0.29, 0.717) is 17.5 Å². The Kier molecular flexibility index (Phi) is 4.16. The van der Waals surface area contributed by atoms with E-state index in [4.69, 9.17) is 11.6 Å². The van der Waals surface area contributed by atoms with Gasteiger partial charge in [0, 0.05) is 12.6 Å². The van der Waals surface area contributed by atoms with E-state index in [0.717, 1.165) is 6.54 Å². The lowest BCUT2D eigenvalue weighted by Gasteiger charge is -2.10. The lowest BCUT2D eigenvalue weighted by atomic mass is 10.3. The summed E-state index contributed by atoms with van der Waals surface area (Å²) < 4.78 is 13.8. The molecule has 1 heterocycles. The van der Waals surface area contributed by atoms with Crippen molar-refractivity contribution in [3.8, 4) is 0 Å². The summed E-state index contributed by atoms with van der Waals surface area (Å²) in [5.74, 6) is 1.32. The number of aryl methyl sites for hydroxylation is 1. The molecule has 0 saturated heterocycles. The van der Waals surface area contributed by atoms with Crippen molar-refractivity contribution >= 4 is 28.9 Å². The third-order valence-corrected chi connectivity index (χ3v) is 2.70. The van der Waals surface area contributed by atoms with Gasteiger partial charge >= 0.3 is 0 Å². The molecule has 2 N–H and O–H groups in total. The molecule has 1 aromatic carbocycles. The van der Waals surface area contributed by atoms with Gasteiger partial charge in [0.05, 0.1) is 10.7 Å². The monoisotopic (exact) mass is 280 g/mol. The van der Waals surface area contributed by atoms with Crippen LogP contribution in [0.15, 0.2) is 24.3 Å². The van der Waals surface area contributed by atoms with Crippen LogP contribution in [-0.2, 0) is 0 Å². The molecule has 0 bridgehead atoms. The third-order valence-electron chi connectivity index (χ3n) is 2.41. The molecule has 0 fully saturated rings. The van der Waals surface area contributed by atoms with Gasteiger partial charge < -0.3 is 10.6 Å². The van der Waals surface area contributed by atoms with Crippen LogP contribution in [0.1, 0.15) is 12.7 Å². The SMILES string of the molecule is CCNc1cc(Nc2cccc(Cl)c2F)nc(C)n1. The van der Waals surface area contributed by atoms with Crippen molar-refractivity contribution in [3.05, 3.63) is 40.9 Å². The number of rotatable bonds is 4. The molecular weight excluding hydrogens is 267 g/mol. The fourth-order valence-electron chi connectivity index (χ4n) is 1.64. The molecule has 0 aliphatic heterocycles. The van der Waals surface area contributed by atoms with Crippen LogP contribution < -0.4 is 10.6 Å². The van der Waals surface area contributed by atoms with E-state index in [9.17, 15) is 4.39 Å². The normalized spacial score (nSPS) is 10.3. The van der Waals surface area contributed by atoms with Crippen LogP contribution in [-0.4, -0.2) is 16.5 Å². The van der Waals surface area contributed by atoms with Gasteiger partial charge in [-0.25, -0.2) is 14.4 Å². The second-order valence-corrected chi connectivity index (χ2v) is 4.35. The molecular formula is C13H14ClFN4.